The van der Waals surface area contributed by atoms with Crippen molar-refractivity contribution in [3.05, 3.63) is 64.7 Å². The zero-order valence-corrected chi connectivity index (χ0v) is 13.9. The number of hydrogen-bond acceptors (Lipinski definition) is 2. The maximum atomic E-state index is 12.1. The van der Waals surface area contributed by atoms with Crippen LogP contribution in [-0.4, -0.2) is 18.4 Å². The van der Waals surface area contributed by atoms with Gasteiger partial charge in [0, 0.05) is 24.2 Å². The number of aryl methyl sites for hydroxylation is 1. The minimum atomic E-state index is -0.235. The van der Waals surface area contributed by atoms with Crippen LogP contribution in [0.5, 0.6) is 0 Å². The van der Waals surface area contributed by atoms with E-state index in [0.717, 1.165) is 11.1 Å². The zero-order valence-electron chi connectivity index (χ0n) is 13.2. The van der Waals surface area contributed by atoms with Crippen LogP contribution in [0.1, 0.15) is 18.1 Å². The van der Waals surface area contributed by atoms with Gasteiger partial charge in [-0.05, 0) is 30.7 Å². The molecule has 1 N–H and O–H groups in total. The molecule has 2 amide bonds. The summed E-state index contributed by atoms with van der Waals surface area (Å²) >= 11 is 6.06. The minimum Gasteiger partial charge on any atom is -0.350 e. The van der Waals surface area contributed by atoms with Crippen LogP contribution in [0.4, 0.5) is 5.69 Å². The molecule has 2 aromatic carbocycles. The van der Waals surface area contributed by atoms with Crippen LogP contribution in [0.15, 0.2) is 48.5 Å². The molecule has 120 valence electrons. The summed E-state index contributed by atoms with van der Waals surface area (Å²) in [6.45, 7) is 3.72. The monoisotopic (exact) mass is 330 g/mol. The lowest BCUT2D eigenvalue weighted by Gasteiger charge is -2.21. The van der Waals surface area contributed by atoms with E-state index in [1.807, 2.05) is 49.4 Å². The van der Waals surface area contributed by atoms with Crippen molar-refractivity contribution in [2.75, 3.05) is 11.4 Å². The Labute approximate surface area is 141 Å². The fourth-order valence-corrected chi connectivity index (χ4v) is 2.35. The van der Waals surface area contributed by atoms with Crippen LogP contribution in [0, 0.1) is 6.92 Å². The van der Waals surface area contributed by atoms with Gasteiger partial charge >= 0.3 is 0 Å². The van der Waals surface area contributed by atoms with E-state index in [9.17, 15) is 9.59 Å². The van der Waals surface area contributed by atoms with E-state index < -0.39 is 0 Å². The summed E-state index contributed by atoms with van der Waals surface area (Å²) in [5.41, 5.74) is 2.64. The molecule has 0 spiro atoms. The van der Waals surface area contributed by atoms with Gasteiger partial charge in [0.05, 0.1) is 0 Å². The number of halogens is 1. The van der Waals surface area contributed by atoms with Gasteiger partial charge in [0.2, 0.25) is 11.8 Å². The van der Waals surface area contributed by atoms with Crippen LogP contribution in [0.25, 0.3) is 0 Å². The quantitative estimate of drug-likeness (QED) is 0.914. The number of hydrogen-bond donors (Lipinski definition) is 1. The van der Waals surface area contributed by atoms with Gasteiger partial charge in [0.1, 0.15) is 6.54 Å². The minimum absolute atomic E-state index is 0.0250. The van der Waals surface area contributed by atoms with Gasteiger partial charge in [-0.15, -0.1) is 0 Å². The second kappa shape index (κ2) is 7.79. The lowest BCUT2D eigenvalue weighted by atomic mass is 10.2. The molecule has 0 saturated carbocycles. The van der Waals surface area contributed by atoms with Crippen molar-refractivity contribution in [2.24, 2.45) is 0 Å². The Balaban J connectivity index is 2.00. The summed E-state index contributed by atoms with van der Waals surface area (Å²) in [6.07, 6.45) is 0. The van der Waals surface area contributed by atoms with E-state index in [0.29, 0.717) is 17.3 Å². The van der Waals surface area contributed by atoms with Crippen molar-refractivity contribution in [1.29, 1.82) is 0 Å². The highest BCUT2D eigenvalue weighted by molar-refractivity contribution is 6.31. The maximum Gasteiger partial charge on any atom is 0.240 e. The van der Waals surface area contributed by atoms with Crippen LogP contribution in [-0.2, 0) is 16.1 Å². The van der Waals surface area contributed by atoms with Gasteiger partial charge in [-0.3, -0.25) is 9.59 Å². The molecule has 0 heterocycles. The van der Waals surface area contributed by atoms with Crippen LogP contribution < -0.4 is 10.2 Å². The number of carbonyl (C=O) groups excluding carboxylic acids is 2. The lowest BCUT2D eigenvalue weighted by molar-refractivity contribution is -0.123. The van der Waals surface area contributed by atoms with Crippen molar-refractivity contribution >= 4 is 29.1 Å². The molecule has 5 heteroatoms. The lowest BCUT2D eigenvalue weighted by Crippen LogP contribution is -2.39. The summed E-state index contributed by atoms with van der Waals surface area (Å²) < 4.78 is 0. The topological polar surface area (TPSA) is 49.4 Å². The van der Waals surface area contributed by atoms with Crippen molar-refractivity contribution in [1.82, 2.24) is 5.32 Å². The zero-order chi connectivity index (χ0) is 16.8. The summed E-state index contributed by atoms with van der Waals surface area (Å²) in [7, 11) is 0. The van der Waals surface area contributed by atoms with E-state index in [-0.39, 0.29) is 18.4 Å². The summed E-state index contributed by atoms with van der Waals surface area (Å²) in [5.74, 6) is -0.414. The average Bonchev–Trinajstić information content (AvgIpc) is 2.52. The van der Waals surface area contributed by atoms with E-state index in [2.05, 4.69) is 5.32 Å². The summed E-state index contributed by atoms with van der Waals surface area (Å²) in [5, 5.41) is 3.40. The van der Waals surface area contributed by atoms with Gasteiger partial charge in [-0.25, -0.2) is 0 Å². The number of anilines is 1. The molecule has 2 aromatic rings. The molecular weight excluding hydrogens is 312 g/mol. The molecule has 4 nitrogen and oxygen atoms in total. The van der Waals surface area contributed by atoms with E-state index >= 15 is 0 Å². The number of benzene rings is 2. The first-order valence-corrected chi connectivity index (χ1v) is 7.70. The van der Waals surface area contributed by atoms with Crippen LogP contribution in [0.3, 0.4) is 0 Å². The number of nitrogens with one attached hydrogen (secondary N) is 1. The van der Waals surface area contributed by atoms with Crippen LogP contribution >= 0.6 is 11.6 Å². The second-order valence-corrected chi connectivity index (χ2v) is 5.72. The molecule has 2 rings (SSSR count). The third kappa shape index (κ3) is 4.83. The van der Waals surface area contributed by atoms with Crippen molar-refractivity contribution in [3.8, 4) is 0 Å². The molecule has 0 radical (unpaired) electrons. The number of amides is 2. The Morgan fingerprint density at radius 1 is 1.09 bits per heavy atom. The Morgan fingerprint density at radius 3 is 2.35 bits per heavy atom. The Kier molecular flexibility index (Phi) is 5.77. The largest absolute Gasteiger partial charge is 0.350 e. The summed E-state index contributed by atoms with van der Waals surface area (Å²) in [6, 6.07) is 14.8. The second-order valence-electron chi connectivity index (χ2n) is 5.31. The Morgan fingerprint density at radius 2 is 1.74 bits per heavy atom. The van der Waals surface area contributed by atoms with Crippen LogP contribution in [0.2, 0.25) is 5.02 Å². The standard InChI is InChI=1S/C18H19ClN2O2/c1-13-7-9-16(10-8-13)21(14(2)22)12-18(23)20-11-15-5-3-4-6-17(15)19/h3-10H,11-12H2,1-2H3,(H,20,23). The fourth-order valence-electron chi connectivity index (χ4n) is 2.14. The highest BCUT2D eigenvalue weighted by Crippen LogP contribution is 2.16. The smallest absolute Gasteiger partial charge is 0.240 e. The van der Waals surface area contributed by atoms with E-state index in [4.69, 9.17) is 11.6 Å². The predicted octanol–water partition coefficient (Wildman–Crippen LogP) is 3.32. The SMILES string of the molecule is CC(=O)N(CC(=O)NCc1ccccc1Cl)c1ccc(C)cc1. The normalized spacial score (nSPS) is 10.2. The first-order valence-electron chi connectivity index (χ1n) is 7.32. The molecule has 23 heavy (non-hydrogen) atoms. The van der Waals surface area contributed by atoms with Gasteiger partial charge in [-0.2, -0.15) is 0 Å². The van der Waals surface area contributed by atoms with Crippen molar-refractivity contribution in [2.45, 2.75) is 20.4 Å². The van der Waals surface area contributed by atoms with Gasteiger partial charge in [-0.1, -0.05) is 47.5 Å². The third-order valence-electron chi connectivity index (χ3n) is 3.46. The molecular formula is C18H19ClN2O2. The molecule has 0 aliphatic heterocycles. The van der Waals surface area contributed by atoms with Gasteiger partial charge < -0.3 is 10.2 Å². The van der Waals surface area contributed by atoms with Gasteiger partial charge in [0.25, 0.3) is 0 Å². The fraction of sp³-hybridized carbons (Fsp3) is 0.222. The maximum absolute atomic E-state index is 12.1. The number of carbonyl (C=O) groups is 2. The molecule has 0 aliphatic rings. The van der Waals surface area contributed by atoms with Gasteiger partial charge in [0.15, 0.2) is 0 Å². The Bertz CT molecular complexity index is 698. The molecule has 0 aliphatic carbocycles. The van der Waals surface area contributed by atoms with Crippen molar-refractivity contribution < 1.29 is 9.59 Å². The first-order chi connectivity index (χ1) is 11.0. The van der Waals surface area contributed by atoms with Crippen molar-refractivity contribution in [3.63, 3.8) is 0 Å². The Hall–Kier alpha value is -2.33. The molecule has 0 atom stereocenters. The highest BCUT2D eigenvalue weighted by Gasteiger charge is 2.15. The predicted molar refractivity (Wildman–Crippen MR) is 92.5 cm³/mol. The molecule has 0 unspecified atom stereocenters. The molecule has 0 aromatic heterocycles. The van der Waals surface area contributed by atoms with E-state index in [1.165, 1.54) is 11.8 Å². The molecule has 0 saturated heterocycles. The highest BCUT2D eigenvalue weighted by atomic mass is 35.5. The molecule has 0 bridgehead atoms. The third-order valence-corrected chi connectivity index (χ3v) is 3.83. The molecule has 0 fully saturated rings. The number of nitrogens with zero attached hydrogens (tertiary/aromatic N) is 1. The summed E-state index contributed by atoms with van der Waals surface area (Å²) in [4.78, 5) is 25.4. The first kappa shape index (κ1) is 17.0. The van der Waals surface area contributed by atoms with E-state index in [1.54, 1.807) is 6.07 Å². The average molecular weight is 331 g/mol. The number of rotatable bonds is 5.